The van der Waals surface area contributed by atoms with Crippen LogP contribution in [0.3, 0.4) is 0 Å². The fraction of sp³-hybridized carbons (Fsp3) is 0.917. The van der Waals surface area contributed by atoms with Crippen LogP contribution in [0.25, 0.3) is 0 Å². The fourth-order valence-corrected chi connectivity index (χ4v) is 2.63. The van der Waals surface area contributed by atoms with Crippen molar-refractivity contribution in [1.29, 1.82) is 0 Å². The number of amides is 2. The Hall–Kier alpha value is -0.810. The van der Waals surface area contributed by atoms with E-state index in [2.05, 4.69) is 5.32 Å². The van der Waals surface area contributed by atoms with Crippen LogP contribution in [0.4, 0.5) is 4.79 Å². The number of hydrogen-bond acceptors (Lipinski definition) is 3. The Morgan fingerprint density at radius 3 is 2.82 bits per heavy atom. The van der Waals surface area contributed by atoms with Crippen molar-refractivity contribution in [2.45, 2.75) is 31.7 Å². The largest absolute Gasteiger partial charge is 0.378 e. The van der Waals surface area contributed by atoms with Gasteiger partial charge in [-0.1, -0.05) is 6.42 Å². The van der Waals surface area contributed by atoms with Crippen LogP contribution in [0, 0.1) is 5.92 Å². The highest BCUT2D eigenvalue weighted by Gasteiger charge is 2.21. The van der Waals surface area contributed by atoms with E-state index in [-0.39, 0.29) is 6.03 Å². The lowest BCUT2D eigenvalue weighted by molar-refractivity contribution is 0.0528. The van der Waals surface area contributed by atoms with E-state index in [0.717, 1.165) is 19.4 Å². The molecule has 1 heterocycles. The molecule has 5 nitrogen and oxygen atoms in total. The van der Waals surface area contributed by atoms with Crippen molar-refractivity contribution in [3.8, 4) is 0 Å². The zero-order valence-corrected chi connectivity index (χ0v) is 10.4. The van der Waals surface area contributed by atoms with E-state index in [4.69, 9.17) is 10.5 Å². The Morgan fingerprint density at radius 2 is 2.12 bits per heavy atom. The van der Waals surface area contributed by atoms with Crippen molar-refractivity contribution in [3.05, 3.63) is 0 Å². The van der Waals surface area contributed by atoms with Gasteiger partial charge in [0.05, 0.1) is 13.2 Å². The second-order valence-electron chi connectivity index (χ2n) is 5.08. The molecule has 0 spiro atoms. The predicted molar refractivity (Wildman–Crippen MR) is 65.7 cm³/mol. The molecule has 2 atom stereocenters. The van der Waals surface area contributed by atoms with Crippen LogP contribution in [0.1, 0.15) is 25.7 Å². The SMILES string of the molecule is NC1CCCC(CNC(=O)N2CCOCC2)C1. The van der Waals surface area contributed by atoms with Gasteiger partial charge in [-0.2, -0.15) is 0 Å². The van der Waals surface area contributed by atoms with E-state index in [9.17, 15) is 4.79 Å². The van der Waals surface area contributed by atoms with Crippen molar-refractivity contribution in [3.63, 3.8) is 0 Å². The molecular weight excluding hydrogens is 218 g/mol. The summed E-state index contributed by atoms with van der Waals surface area (Å²) in [5.74, 6) is 0.559. The van der Waals surface area contributed by atoms with Crippen LogP contribution in [-0.4, -0.2) is 49.8 Å². The van der Waals surface area contributed by atoms with Gasteiger partial charge in [0.15, 0.2) is 0 Å². The third kappa shape index (κ3) is 3.85. The van der Waals surface area contributed by atoms with E-state index in [1.165, 1.54) is 12.8 Å². The van der Waals surface area contributed by atoms with Gasteiger partial charge in [-0.3, -0.25) is 0 Å². The lowest BCUT2D eigenvalue weighted by Gasteiger charge is -2.30. The maximum atomic E-state index is 11.9. The number of urea groups is 1. The second-order valence-corrected chi connectivity index (χ2v) is 5.08. The normalized spacial score (nSPS) is 30.1. The molecule has 17 heavy (non-hydrogen) atoms. The van der Waals surface area contributed by atoms with E-state index < -0.39 is 0 Å². The molecule has 1 aliphatic carbocycles. The highest BCUT2D eigenvalue weighted by Crippen LogP contribution is 2.22. The van der Waals surface area contributed by atoms with Gasteiger partial charge in [0, 0.05) is 25.7 Å². The average molecular weight is 241 g/mol. The van der Waals surface area contributed by atoms with Gasteiger partial charge in [-0.15, -0.1) is 0 Å². The summed E-state index contributed by atoms with van der Waals surface area (Å²) in [6.45, 7) is 3.49. The molecule has 1 saturated carbocycles. The van der Waals surface area contributed by atoms with Gasteiger partial charge >= 0.3 is 6.03 Å². The number of morpholine rings is 1. The highest BCUT2D eigenvalue weighted by atomic mass is 16.5. The summed E-state index contributed by atoms with van der Waals surface area (Å²) in [4.78, 5) is 13.7. The summed E-state index contributed by atoms with van der Waals surface area (Å²) in [5, 5.41) is 3.02. The molecule has 5 heteroatoms. The van der Waals surface area contributed by atoms with Gasteiger partial charge in [-0.25, -0.2) is 4.79 Å². The lowest BCUT2D eigenvalue weighted by atomic mass is 9.86. The van der Waals surface area contributed by atoms with Crippen molar-refractivity contribution in [1.82, 2.24) is 10.2 Å². The minimum absolute atomic E-state index is 0.0486. The first-order valence-corrected chi connectivity index (χ1v) is 6.62. The zero-order chi connectivity index (χ0) is 12.1. The average Bonchev–Trinajstić information content (AvgIpc) is 2.37. The summed E-state index contributed by atoms with van der Waals surface area (Å²) in [7, 11) is 0. The molecule has 2 fully saturated rings. The van der Waals surface area contributed by atoms with Crippen LogP contribution in [0.2, 0.25) is 0 Å². The van der Waals surface area contributed by atoms with Gasteiger partial charge in [0.25, 0.3) is 0 Å². The molecule has 0 bridgehead atoms. The molecular formula is C12H23N3O2. The fourth-order valence-electron chi connectivity index (χ4n) is 2.63. The first kappa shape index (κ1) is 12.6. The van der Waals surface area contributed by atoms with Crippen LogP contribution >= 0.6 is 0 Å². The van der Waals surface area contributed by atoms with Gasteiger partial charge in [0.1, 0.15) is 0 Å². The Labute approximate surface area is 103 Å². The lowest BCUT2D eigenvalue weighted by Crippen LogP contribution is -2.47. The highest BCUT2D eigenvalue weighted by molar-refractivity contribution is 5.74. The van der Waals surface area contributed by atoms with Crippen LogP contribution in [0.15, 0.2) is 0 Å². The maximum absolute atomic E-state index is 11.9. The molecule has 98 valence electrons. The summed E-state index contributed by atoms with van der Waals surface area (Å²) >= 11 is 0. The van der Waals surface area contributed by atoms with E-state index in [0.29, 0.717) is 38.3 Å². The molecule has 2 aliphatic rings. The molecule has 2 amide bonds. The molecule has 0 radical (unpaired) electrons. The van der Waals surface area contributed by atoms with Gasteiger partial charge < -0.3 is 20.7 Å². The minimum atomic E-state index is 0.0486. The monoisotopic (exact) mass is 241 g/mol. The van der Waals surface area contributed by atoms with Crippen LogP contribution in [0.5, 0.6) is 0 Å². The zero-order valence-electron chi connectivity index (χ0n) is 10.4. The second kappa shape index (κ2) is 6.21. The van der Waals surface area contributed by atoms with Gasteiger partial charge in [-0.05, 0) is 25.2 Å². The van der Waals surface area contributed by atoms with Crippen LogP contribution < -0.4 is 11.1 Å². The number of nitrogens with zero attached hydrogens (tertiary/aromatic N) is 1. The number of carbonyl (C=O) groups is 1. The topological polar surface area (TPSA) is 67.6 Å². The molecule has 0 aromatic heterocycles. The molecule has 2 unspecified atom stereocenters. The van der Waals surface area contributed by atoms with E-state index >= 15 is 0 Å². The first-order valence-electron chi connectivity index (χ1n) is 6.62. The Kier molecular flexibility index (Phi) is 4.62. The summed E-state index contributed by atoms with van der Waals surface area (Å²) in [6.07, 6.45) is 4.56. The smallest absolute Gasteiger partial charge is 0.317 e. The number of nitrogens with one attached hydrogen (secondary N) is 1. The quantitative estimate of drug-likeness (QED) is 0.741. The Balaban J connectivity index is 1.68. The Morgan fingerprint density at radius 1 is 1.35 bits per heavy atom. The molecule has 0 aromatic rings. The third-order valence-electron chi connectivity index (χ3n) is 3.66. The third-order valence-corrected chi connectivity index (χ3v) is 3.66. The van der Waals surface area contributed by atoms with E-state index in [1.807, 2.05) is 4.90 Å². The number of nitrogens with two attached hydrogens (primary N) is 1. The number of ether oxygens (including phenoxy) is 1. The molecule has 3 N–H and O–H groups in total. The molecule has 1 saturated heterocycles. The maximum Gasteiger partial charge on any atom is 0.317 e. The Bertz CT molecular complexity index is 254. The van der Waals surface area contributed by atoms with Crippen molar-refractivity contribution in [2.75, 3.05) is 32.8 Å². The van der Waals surface area contributed by atoms with E-state index in [1.54, 1.807) is 0 Å². The number of hydrogen-bond donors (Lipinski definition) is 2. The molecule has 1 aliphatic heterocycles. The number of rotatable bonds is 2. The first-order chi connectivity index (χ1) is 8.25. The van der Waals surface area contributed by atoms with Crippen LogP contribution in [-0.2, 0) is 4.74 Å². The minimum Gasteiger partial charge on any atom is -0.378 e. The summed E-state index contributed by atoms with van der Waals surface area (Å²) in [6, 6.07) is 0.376. The summed E-state index contributed by atoms with van der Waals surface area (Å²) < 4.78 is 5.22. The van der Waals surface area contributed by atoms with Gasteiger partial charge in [0.2, 0.25) is 0 Å². The molecule has 2 rings (SSSR count). The number of carbonyl (C=O) groups excluding carboxylic acids is 1. The standard InChI is InChI=1S/C12H23N3O2/c13-11-3-1-2-10(8-11)9-14-12(16)15-4-6-17-7-5-15/h10-11H,1-9,13H2,(H,14,16). The van der Waals surface area contributed by atoms with Crippen molar-refractivity contribution >= 4 is 6.03 Å². The predicted octanol–water partition coefficient (Wildman–Crippen LogP) is 0.546. The summed E-state index contributed by atoms with van der Waals surface area (Å²) in [5.41, 5.74) is 5.93. The molecule has 0 aromatic carbocycles. The van der Waals surface area contributed by atoms with Crippen molar-refractivity contribution < 1.29 is 9.53 Å². The van der Waals surface area contributed by atoms with Crippen molar-refractivity contribution in [2.24, 2.45) is 11.7 Å².